The lowest BCUT2D eigenvalue weighted by Crippen LogP contribution is -2.38. The summed E-state index contributed by atoms with van der Waals surface area (Å²) in [7, 11) is 0. The summed E-state index contributed by atoms with van der Waals surface area (Å²) in [5.74, 6) is -0.380. The zero-order chi connectivity index (χ0) is 16.0. The molecule has 1 aliphatic carbocycles. The van der Waals surface area contributed by atoms with Gasteiger partial charge in [-0.25, -0.2) is 4.79 Å². The Morgan fingerprint density at radius 2 is 2.05 bits per heavy atom. The van der Waals surface area contributed by atoms with Crippen LogP contribution in [-0.2, 0) is 16.1 Å². The van der Waals surface area contributed by atoms with Gasteiger partial charge in [0.2, 0.25) is 5.91 Å². The zero-order valence-electron chi connectivity index (χ0n) is 12.9. The molecule has 5 heteroatoms. The smallest absolute Gasteiger partial charge is 0.341 e. The van der Waals surface area contributed by atoms with Crippen molar-refractivity contribution in [2.45, 2.75) is 45.6 Å². The molecule has 0 aromatic heterocycles. The number of rotatable bonds is 7. The van der Waals surface area contributed by atoms with E-state index in [4.69, 9.17) is 9.84 Å². The van der Waals surface area contributed by atoms with Crippen molar-refractivity contribution >= 4 is 11.9 Å². The zero-order valence-corrected chi connectivity index (χ0v) is 12.9. The van der Waals surface area contributed by atoms with Crippen molar-refractivity contribution in [3.63, 3.8) is 0 Å². The number of hydrogen-bond donors (Lipinski definition) is 2. The van der Waals surface area contributed by atoms with Crippen LogP contribution in [0.4, 0.5) is 0 Å². The summed E-state index contributed by atoms with van der Waals surface area (Å²) in [5, 5.41) is 11.6. The first kappa shape index (κ1) is 16.3. The lowest BCUT2D eigenvalue weighted by Gasteiger charge is -2.26. The first-order valence-electron chi connectivity index (χ1n) is 7.77. The maximum absolute atomic E-state index is 12.5. The predicted molar refractivity (Wildman–Crippen MR) is 82.6 cm³/mol. The Labute approximate surface area is 130 Å². The van der Waals surface area contributed by atoms with Crippen LogP contribution in [0.5, 0.6) is 5.75 Å². The highest BCUT2D eigenvalue weighted by Crippen LogP contribution is 2.41. The van der Waals surface area contributed by atoms with E-state index < -0.39 is 5.97 Å². The van der Waals surface area contributed by atoms with E-state index in [1.54, 1.807) is 18.2 Å². The number of hydrogen-bond acceptors (Lipinski definition) is 3. The molecule has 0 aliphatic heterocycles. The van der Waals surface area contributed by atoms with Crippen LogP contribution in [0, 0.1) is 5.41 Å². The Morgan fingerprint density at radius 3 is 2.68 bits per heavy atom. The standard InChI is InChI=1S/C17H23NO4/c1-2-17(8-3-4-9-17)16(21)18-11-13-6-5-7-14(10-13)22-12-15(19)20/h5-7,10H,2-4,8-9,11-12H2,1H3,(H,18,21)(H,19,20). The Morgan fingerprint density at radius 1 is 1.32 bits per heavy atom. The van der Waals surface area contributed by atoms with Crippen LogP contribution in [0.3, 0.4) is 0 Å². The Hall–Kier alpha value is -2.04. The second-order valence-electron chi connectivity index (χ2n) is 5.85. The molecule has 1 saturated carbocycles. The van der Waals surface area contributed by atoms with Crippen LogP contribution in [0.1, 0.15) is 44.6 Å². The van der Waals surface area contributed by atoms with Gasteiger partial charge in [0.15, 0.2) is 6.61 Å². The summed E-state index contributed by atoms with van der Waals surface area (Å²) in [4.78, 5) is 23.0. The van der Waals surface area contributed by atoms with E-state index in [1.807, 2.05) is 6.07 Å². The Bertz CT molecular complexity index is 535. The van der Waals surface area contributed by atoms with Crippen molar-refractivity contribution in [2.24, 2.45) is 5.41 Å². The summed E-state index contributed by atoms with van der Waals surface area (Å²) < 4.78 is 5.14. The van der Waals surface area contributed by atoms with Crippen LogP contribution in [0.25, 0.3) is 0 Å². The van der Waals surface area contributed by atoms with Gasteiger partial charge in [-0.3, -0.25) is 4.79 Å². The number of ether oxygens (including phenoxy) is 1. The highest BCUT2D eigenvalue weighted by Gasteiger charge is 2.38. The molecule has 0 bridgehead atoms. The molecule has 0 heterocycles. The maximum Gasteiger partial charge on any atom is 0.341 e. The summed E-state index contributed by atoms with van der Waals surface area (Å²) in [5.41, 5.74) is 0.706. The lowest BCUT2D eigenvalue weighted by molar-refractivity contribution is -0.139. The fourth-order valence-electron chi connectivity index (χ4n) is 3.05. The van der Waals surface area contributed by atoms with Crippen molar-refractivity contribution < 1.29 is 19.4 Å². The fraction of sp³-hybridized carbons (Fsp3) is 0.529. The number of aliphatic carboxylic acids is 1. The quantitative estimate of drug-likeness (QED) is 0.812. The molecule has 1 aliphatic rings. The fourth-order valence-corrected chi connectivity index (χ4v) is 3.05. The molecule has 1 fully saturated rings. The number of carboxylic acid groups (broad SMARTS) is 1. The number of carbonyl (C=O) groups is 2. The van der Waals surface area contributed by atoms with Gasteiger partial charge in [-0.2, -0.15) is 0 Å². The van der Waals surface area contributed by atoms with Gasteiger partial charge in [-0.1, -0.05) is 31.9 Å². The summed E-state index contributed by atoms with van der Waals surface area (Å²) in [6, 6.07) is 7.15. The van der Waals surface area contributed by atoms with E-state index in [0.29, 0.717) is 12.3 Å². The summed E-state index contributed by atoms with van der Waals surface area (Å²) in [6.45, 7) is 2.14. The van der Waals surface area contributed by atoms with Gasteiger partial charge in [-0.05, 0) is 37.0 Å². The third kappa shape index (κ3) is 4.00. The minimum Gasteiger partial charge on any atom is -0.482 e. The van der Waals surface area contributed by atoms with Crippen LogP contribution < -0.4 is 10.1 Å². The molecule has 0 saturated heterocycles. The van der Waals surface area contributed by atoms with E-state index in [-0.39, 0.29) is 17.9 Å². The maximum atomic E-state index is 12.5. The van der Waals surface area contributed by atoms with E-state index in [1.165, 1.54) is 0 Å². The molecule has 2 N–H and O–H groups in total. The molecule has 1 amide bonds. The van der Waals surface area contributed by atoms with Gasteiger partial charge in [0.25, 0.3) is 0 Å². The summed E-state index contributed by atoms with van der Waals surface area (Å²) >= 11 is 0. The topological polar surface area (TPSA) is 75.6 Å². The van der Waals surface area contributed by atoms with Gasteiger partial charge in [-0.15, -0.1) is 0 Å². The number of carboxylic acids is 1. The monoisotopic (exact) mass is 305 g/mol. The second kappa shape index (κ2) is 7.29. The molecule has 0 unspecified atom stereocenters. The number of carbonyl (C=O) groups excluding carboxylic acids is 1. The van der Waals surface area contributed by atoms with Crippen molar-refractivity contribution in [3.8, 4) is 5.75 Å². The molecule has 1 aromatic rings. The van der Waals surface area contributed by atoms with E-state index in [2.05, 4.69) is 12.2 Å². The number of benzene rings is 1. The highest BCUT2D eigenvalue weighted by molar-refractivity contribution is 5.82. The van der Waals surface area contributed by atoms with Gasteiger partial charge in [0, 0.05) is 12.0 Å². The highest BCUT2D eigenvalue weighted by atomic mass is 16.5. The third-order valence-electron chi connectivity index (χ3n) is 4.43. The second-order valence-corrected chi connectivity index (χ2v) is 5.85. The minimum atomic E-state index is -1.01. The predicted octanol–water partition coefficient (Wildman–Crippen LogP) is 2.74. The SMILES string of the molecule is CCC1(C(=O)NCc2cccc(OCC(=O)O)c2)CCCC1. The van der Waals surface area contributed by atoms with E-state index in [9.17, 15) is 9.59 Å². The van der Waals surface area contributed by atoms with Crippen LogP contribution >= 0.6 is 0 Å². The first-order valence-corrected chi connectivity index (χ1v) is 7.77. The number of amides is 1. The first-order chi connectivity index (χ1) is 10.6. The third-order valence-corrected chi connectivity index (χ3v) is 4.43. The van der Waals surface area contributed by atoms with Gasteiger partial charge < -0.3 is 15.2 Å². The van der Waals surface area contributed by atoms with E-state index >= 15 is 0 Å². The van der Waals surface area contributed by atoms with Crippen molar-refractivity contribution in [3.05, 3.63) is 29.8 Å². The summed E-state index contributed by atoms with van der Waals surface area (Å²) in [6.07, 6.45) is 5.06. The normalized spacial score (nSPS) is 16.2. The molecule has 0 atom stereocenters. The Balaban J connectivity index is 1.92. The van der Waals surface area contributed by atoms with Gasteiger partial charge in [0.1, 0.15) is 5.75 Å². The minimum absolute atomic E-state index is 0.129. The van der Waals surface area contributed by atoms with Crippen molar-refractivity contribution in [1.82, 2.24) is 5.32 Å². The molecule has 2 rings (SSSR count). The van der Waals surface area contributed by atoms with Gasteiger partial charge in [0.05, 0.1) is 0 Å². The molecule has 22 heavy (non-hydrogen) atoms. The average Bonchev–Trinajstić information content (AvgIpc) is 3.01. The van der Waals surface area contributed by atoms with Gasteiger partial charge >= 0.3 is 5.97 Å². The molecular formula is C17H23NO4. The molecule has 120 valence electrons. The lowest BCUT2D eigenvalue weighted by atomic mass is 9.82. The molecular weight excluding hydrogens is 282 g/mol. The number of nitrogens with one attached hydrogen (secondary N) is 1. The van der Waals surface area contributed by atoms with Crippen molar-refractivity contribution in [1.29, 1.82) is 0 Å². The van der Waals surface area contributed by atoms with Crippen molar-refractivity contribution in [2.75, 3.05) is 6.61 Å². The average molecular weight is 305 g/mol. The molecule has 1 aromatic carbocycles. The Kier molecular flexibility index (Phi) is 5.41. The van der Waals surface area contributed by atoms with Crippen LogP contribution in [0.15, 0.2) is 24.3 Å². The van der Waals surface area contributed by atoms with E-state index in [0.717, 1.165) is 37.7 Å². The molecule has 5 nitrogen and oxygen atoms in total. The largest absolute Gasteiger partial charge is 0.482 e. The molecule has 0 radical (unpaired) electrons. The van der Waals surface area contributed by atoms with Crippen LogP contribution in [-0.4, -0.2) is 23.6 Å². The van der Waals surface area contributed by atoms with Crippen LogP contribution in [0.2, 0.25) is 0 Å². The molecule has 0 spiro atoms.